The van der Waals surface area contributed by atoms with Crippen molar-refractivity contribution >= 4 is 33.4 Å². The van der Waals surface area contributed by atoms with E-state index in [9.17, 15) is 14.4 Å². The summed E-state index contributed by atoms with van der Waals surface area (Å²) in [4.78, 5) is 41.3. The molecule has 0 aliphatic heterocycles. The molecule has 0 atom stereocenters. The van der Waals surface area contributed by atoms with Crippen molar-refractivity contribution < 1.29 is 13.9 Å². The van der Waals surface area contributed by atoms with Crippen molar-refractivity contribution in [2.45, 2.75) is 6.61 Å². The zero-order valence-corrected chi connectivity index (χ0v) is 18.4. The fraction of sp³-hybridized carbons (Fsp3) is 0.120. The summed E-state index contributed by atoms with van der Waals surface area (Å²) < 4.78 is 13.7. The second kappa shape index (κ2) is 8.36. The van der Waals surface area contributed by atoms with Gasteiger partial charge in [0.2, 0.25) is 0 Å². The molecule has 0 fully saturated rings. The minimum Gasteiger partial charge on any atom is -0.486 e. The molecule has 34 heavy (non-hydrogen) atoms. The van der Waals surface area contributed by atoms with Gasteiger partial charge >= 0.3 is 5.69 Å². The fourth-order valence-corrected chi connectivity index (χ4v) is 3.72. The first-order valence-electron chi connectivity index (χ1n) is 10.5. The molecule has 0 bridgehead atoms. The highest BCUT2D eigenvalue weighted by atomic mass is 16.5. The van der Waals surface area contributed by atoms with Crippen molar-refractivity contribution in [2.75, 3.05) is 5.32 Å². The largest absolute Gasteiger partial charge is 0.486 e. The Kier molecular flexibility index (Phi) is 5.21. The molecule has 0 saturated carbocycles. The first kappa shape index (κ1) is 21.2. The summed E-state index contributed by atoms with van der Waals surface area (Å²) in [5.41, 5.74) is -0.431. The lowest BCUT2D eigenvalue weighted by molar-refractivity contribution is 0.0992. The van der Waals surface area contributed by atoms with E-state index in [1.54, 1.807) is 12.1 Å². The van der Waals surface area contributed by atoms with Gasteiger partial charge in [-0.25, -0.2) is 9.78 Å². The summed E-state index contributed by atoms with van der Waals surface area (Å²) in [6.07, 6.45) is 1.38. The van der Waals surface area contributed by atoms with Gasteiger partial charge < -0.3 is 14.5 Å². The third-order valence-corrected chi connectivity index (χ3v) is 5.54. The number of aromatic nitrogens is 3. The molecule has 0 unspecified atom stereocenters. The number of rotatable bonds is 5. The Labute approximate surface area is 192 Å². The minimum absolute atomic E-state index is 0.0885. The second-order valence-corrected chi connectivity index (χ2v) is 7.82. The van der Waals surface area contributed by atoms with E-state index in [0.29, 0.717) is 17.2 Å². The molecule has 2 aromatic carbocycles. The number of nitrogens with zero attached hydrogens (tertiary/aromatic N) is 3. The van der Waals surface area contributed by atoms with Gasteiger partial charge in [-0.05, 0) is 41.1 Å². The number of nitrogens with one attached hydrogen (secondary N) is 1. The van der Waals surface area contributed by atoms with Crippen LogP contribution in [0.5, 0.6) is 5.75 Å². The number of carbonyl (C=O) groups excluding carboxylic acids is 1. The highest BCUT2D eigenvalue weighted by Crippen LogP contribution is 2.22. The maximum Gasteiger partial charge on any atom is 0.332 e. The highest BCUT2D eigenvalue weighted by molar-refractivity contribution is 6.02. The molecule has 0 saturated heterocycles. The zero-order valence-electron chi connectivity index (χ0n) is 18.4. The monoisotopic (exact) mass is 456 g/mol. The topological polar surface area (TPSA) is 108 Å². The lowest BCUT2D eigenvalue weighted by Gasteiger charge is -2.08. The van der Waals surface area contributed by atoms with Crippen LogP contribution < -0.4 is 21.3 Å². The molecule has 0 aliphatic rings. The number of amides is 1. The Hall–Kier alpha value is -4.66. The van der Waals surface area contributed by atoms with Crippen LogP contribution in [0.15, 0.2) is 80.9 Å². The van der Waals surface area contributed by atoms with Crippen LogP contribution in [0.1, 0.15) is 16.3 Å². The predicted octanol–water partition coefficient (Wildman–Crippen LogP) is 3.21. The molecule has 0 spiro atoms. The van der Waals surface area contributed by atoms with E-state index in [1.165, 1.54) is 30.9 Å². The standard InChI is InChI=1S/C25H20N4O5/c1-28-22-20(24(31)29(2)25(28)32)12-17(13-26-22)27-23(30)21-10-9-19(34-21)14-33-18-8-7-15-5-3-4-6-16(15)11-18/h3-13H,14H2,1-2H3,(H,27,30). The molecular weight excluding hydrogens is 436 g/mol. The lowest BCUT2D eigenvalue weighted by atomic mass is 10.1. The van der Waals surface area contributed by atoms with Gasteiger partial charge in [-0.15, -0.1) is 0 Å². The van der Waals surface area contributed by atoms with E-state index in [4.69, 9.17) is 9.15 Å². The fourth-order valence-electron chi connectivity index (χ4n) is 3.72. The third kappa shape index (κ3) is 3.83. The highest BCUT2D eigenvalue weighted by Gasteiger charge is 2.15. The number of hydrogen-bond donors (Lipinski definition) is 1. The van der Waals surface area contributed by atoms with Crippen LogP contribution >= 0.6 is 0 Å². The number of anilines is 1. The van der Waals surface area contributed by atoms with E-state index in [-0.39, 0.29) is 23.4 Å². The molecule has 1 N–H and O–H groups in total. The summed E-state index contributed by atoms with van der Waals surface area (Å²) >= 11 is 0. The Balaban J connectivity index is 1.30. The van der Waals surface area contributed by atoms with Gasteiger partial charge in [0.25, 0.3) is 11.5 Å². The van der Waals surface area contributed by atoms with E-state index >= 15 is 0 Å². The van der Waals surface area contributed by atoms with Gasteiger partial charge in [0, 0.05) is 14.1 Å². The summed E-state index contributed by atoms with van der Waals surface area (Å²) in [7, 11) is 2.92. The SMILES string of the molecule is Cn1c(=O)c2cc(NC(=O)c3ccc(COc4ccc5ccccc5c4)o3)cnc2n(C)c1=O. The smallest absolute Gasteiger partial charge is 0.332 e. The van der Waals surface area contributed by atoms with Crippen LogP contribution in [-0.2, 0) is 20.7 Å². The number of hydrogen-bond acceptors (Lipinski definition) is 6. The van der Waals surface area contributed by atoms with Gasteiger partial charge in [-0.2, -0.15) is 0 Å². The van der Waals surface area contributed by atoms with Crippen molar-refractivity contribution in [1.82, 2.24) is 14.1 Å². The Morgan fingerprint density at radius 3 is 2.62 bits per heavy atom. The summed E-state index contributed by atoms with van der Waals surface area (Å²) in [5, 5.41) is 5.07. The van der Waals surface area contributed by atoms with Crippen molar-refractivity contribution in [3.63, 3.8) is 0 Å². The molecule has 5 aromatic rings. The van der Waals surface area contributed by atoms with Crippen molar-refractivity contribution in [2.24, 2.45) is 14.1 Å². The van der Waals surface area contributed by atoms with Crippen LogP contribution in [0.2, 0.25) is 0 Å². The molecule has 5 rings (SSSR count). The molecule has 1 amide bonds. The van der Waals surface area contributed by atoms with Crippen LogP contribution in [0.25, 0.3) is 21.8 Å². The van der Waals surface area contributed by atoms with E-state index in [0.717, 1.165) is 15.3 Å². The number of pyridine rings is 1. The average molecular weight is 456 g/mol. The van der Waals surface area contributed by atoms with E-state index in [1.807, 2.05) is 42.5 Å². The first-order chi connectivity index (χ1) is 16.4. The van der Waals surface area contributed by atoms with Gasteiger partial charge in [0.15, 0.2) is 5.76 Å². The van der Waals surface area contributed by atoms with Crippen LogP contribution in [0.4, 0.5) is 5.69 Å². The number of fused-ring (bicyclic) bond motifs is 2. The quantitative estimate of drug-likeness (QED) is 0.435. The number of carbonyl (C=O) groups is 1. The summed E-state index contributed by atoms with van der Waals surface area (Å²) in [5.74, 6) is 0.767. The normalized spacial score (nSPS) is 11.1. The Morgan fingerprint density at radius 1 is 1.00 bits per heavy atom. The van der Waals surface area contributed by atoms with E-state index < -0.39 is 17.2 Å². The predicted molar refractivity (Wildman–Crippen MR) is 127 cm³/mol. The molecule has 0 radical (unpaired) electrons. The van der Waals surface area contributed by atoms with Crippen molar-refractivity contribution in [3.05, 3.63) is 99.2 Å². The van der Waals surface area contributed by atoms with E-state index in [2.05, 4.69) is 10.3 Å². The maximum atomic E-state index is 12.6. The zero-order chi connectivity index (χ0) is 23.8. The molecule has 9 nitrogen and oxygen atoms in total. The number of benzene rings is 2. The van der Waals surface area contributed by atoms with Crippen molar-refractivity contribution in [1.29, 1.82) is 0 Å². The third-order valence-electron chi connectivity index (χ3n) is 5.54. The number of ether oxygens (including phenoxy) is 1. The Morgan fingerprint density at radius 2 is 1.79 bits per heavy atom. The van der Waals surface area contributed by atoms with Crippen molar-refractivity contribution in [3.8, 4) is 5.75 Å². The van der Waals surface area contributed by atoms with Crippen LogP contribution in [-0.4, -0.2) is 20.0 Å². The summed E-state index contributed by atoms with van der Waals surface area (Å²) in [6, 6.07) is 18.5. The van der Waals surface area contributed by atoms with Crippen LogP contribution in [0.3, 0.4) is 0 Å². The number of aryl methyl sites for hydroxylation is 1. The van der Waals surface area contributed by atoms with Gasteiger partial charge in [-0.1, -0.05) is 30.3 Å². The average Bonchev–Trinajstić information content (AvgIpc) is 3.34. The summed E-state index contributed by atoms with van der Waals surface area (Å²) in [6.45, 7) is 0.160. The molecule has 3 aromatic heterocycles. The molecular formula is C25H20N4O5. The Bertz CT molecular complexity index is 1680. The lowest BCUT2D eigenvalue weighted by Crippen LogP contribution is -2.37. The maximum absolute atomic E-state index is 12.6. The van der Waals surface area contributed by atoms with Gasteiger partial charge in [0.05, 0.1) is 17.3 Å². The molecule has 170 valence electrons. The second-order valence-electron chi connectivity index (χ2n) is 7.82. The first-order valence-corrected chi connectivity index (χ1v) is 10.5. The molecule has 3 heterocycles. The molecule has 0 aliphatic carbocycles. The van der Waals surface area contributed by atoms with Crippen LogP contribution in [0, 0.1) is 0 Å². The molecule has 9 heteroatoms. The number of furan rings is 1. The van der Waals surface area contributed by atoms with Gasteiger partial charge in [0.1, 0.15) is 23.8 Å². The van der Waals surface area contributed by atoms with Gasteiger partial charge in [-0.3, -0.25) is 18.7 Å². The minimum atomic E-state index is -0.500.